The Kier molecular flexibility index (Phi) is 3.69. The van der Waals surface area contributed by atoms with Crippen molar-refractivity contribution in [1.29, 1.82) is 0 Å². The number of nitro groups is 1. The summed E-state index contributed by atoms with van der Waals surface area (Å²) in [5.74, 6) is 0. The second kappa shape index (κ2) is 5.63. The highest BCUT2D eigenvalue weighted by Gasteiger charge is 2.13. The maximum atomic E-state index is 10.7. The first-order valence-electron chi connectivity index (χ1n) is 6.80. The third-order valence-corrected chi connectivity index (χ3v) is 4.63. The van der Waals surface area contributed by atoms with Crippen molar-refractivity contribution in [2.45, 2.75) is 32.2 Å². The molecule has 2 aromatic rings. The Balaban J connectivity index is 1.73. The van der Waals surface area contributed by atoms with E-state index in [4.69, 9.17) is 0 Å². The van der Waals surface area contributed by atoms with Crippen molar-refractivity contribution in [1.82, 2.24) is 0 Å². The van der Waals surface area contributed by atoms with E-state index in [1.165, 1.54) is 41.0 Å². The molecule has 0 saturated carbocycles. The predicted molar refractivity (Wildman–Crippen MR) is 81.4 cm³/mol. The van der Waals surface area contributed by atoms with Gasteiger partial charge in [-0.25, -0.2) is 0 Å². The first kappa shape index (κ1) is 13.1. The summed E-state index contributed by atoms with van der Waals surface area (Å²) in [5.41, 5.74) is 5.01. The summed E-state index contributed by atoms with van der Waals surface area (Å²) in [4.78, 5) is 10.3. The fourth-order valence-electron chi connectivity index (χ4n) is 2.70. The Morgan fingerprint density at radius 1 is 1.30 bits per heavy atom. The number of nitrogens with zero attached hydrogens (tertiary/aromatic N) is 1. The summed E-state index contributed by atoms with van der Waals surface area (Å²) < 4.78 is 0. The Morgan fingerprint density at radius 2 is 2.15 bits per heavy atom. The molecule has 0 bridgehead atoms. The van der Waals surface area contributed by atoms with Gasteiger partial charge in [-0.1, -0.05) is 23.5 Å². The number of benzene rings is 1. The van der Waals surface area contributed by atoms with Crippen LogP contribution in [0.15, 0.2) is 29.6 Å². The van der Waals surface area contributed by atoms with E-state index in [-0.39, 0.29) is 9.92 Å². The van der Waals surface area contributed by atoms with Crippen LogP contribution in [0.25, 0.3) is 0 Å². The standard InChI is InChI=1S/C15H16N2O2S/c18-17(19)15-8-11(10-20-15)9-16-14-7-3-5-12-4-1-2-6-13(12)14/h3,5,7-8,10,16H,1-2,4,6,9H2. The van der Waals surface area contributed by atoms with E-state index in [0.717, 1.165) is 18.4 Å². The number of aryl methyl sites for hydroxylation is 1. The van der Waals surface area contributed by atoms with E-state index in [0.29, 0.717) is 6.54 Å². The minimum absolute atomic E-state index is 0.205. The first-order chi connectivity index (χ1) is 9.74. The summed E-state index contributed by atoms with van der Waals surface area (Å²) in [6, 6.07) is 8.04. The number of rotatable bonds is 4. The van der Waals surface area contributed by atoms with Gasteiger partial charge in [0.25, 0.3) is 0 Å². The van der Waals surface area contributed by atoms with E-state index < -0.39 is 0 Å². The molecule has 1 aliphatic carbocycles. The van der Waals surface area contributed by atoms with Gasteiger partial charge in [0.15, 0.2) is 0 Å². The van der Waals surface area contributed by atoms with Gasteiger partial charge in [-0.15, -0.1) is 0 Å². The van der Waals surface area contributed by atoms with Gasteiger partial charge in [-0.05, 0) is 48.4 Å². The average molecular weight is 288 g/mol. The van der Waals surface area contributed by atoms with Crippen molar-refractivity contribution in [3.8, 4) is 0 Å². The quantitative estimate of drug-likeness (QED) is 0.679. The summed E-state index contributed by atoms with van der Waals surface area (Å²) in [7, 11) is 0. The highest BCUT2D eigenvalue weighted by molar-refractivity contribution is 7.13. The lowest BCUT2D eigenvalue weighted by Gasteiger charge is -2.20. The molecular weight excluding hydrogens is 272 g/mol. The monoisotopic (exact) mass is 288 g/mol. The van der Waals surface area contributed by atoms with Gasteiger partial charge in [-0.3, -0.25) is 10.1 Å². The van der Waals surface area contributed by atoms with Gasteiger partial charge in [0.05, 0.1) is 4.92 Å². The molecule has 0 radical (unpaired) electrons. The third kappa shape index (κ3) is 2.67. The van der Waals surface area contributed by atoms with Gasteiger partial charge >= 0.3 is 5.00 Å². The Hall–Kier alpha value is -1.88. The molecule has 20 heavy (non-hydrogen) atoms. The van der Waals surface area contributed by atoms with Crippen LogP contribution in [0, 0.1) is 10.1 Å². The van der Waals surface area contributed by atoms with Crippen molar-refractivity contribution in [3.63, 3.8) is 0 Å². The molecule has 1 N–H and O–H groups in total. The van der Waals surface area contributed by atoms with Crippen LogP contribution in [0.3, 0.4) is 0 Å². The minimum atomic E-state index is -0.335. The number of hydrogen-bond donors (Lipinski definition) is 1. The molecule has 1 aromatic carbocycles. The SMILES string of the molecule is O=[N+]([O-])c1cc(CNc2cccc3c2CCCC3)cs1. The molecule has 1 aromatic heterocycles. The van der Waals surface area contributed by atoms with E-state index >= 15 is 0 Å². The number of fused-ring (bicyclic) bond motifs is 1. The van der Waals surface area contributed by atoms with Crippen LogP contribution in [0.2, 0.25) is 0 Å². The summed E-state index contributed by atoms with van der Waals surface area (Å²) in [6.07, 6.45) is 4.81. The Bertz CT molecular complexity index is 637. The summed E-state index contributed by atoms with van der Waals surface area (Å²) >= 11 is 1.18. The zero-order valence-electron chi connectivity index (χ0n) is 11.1. The van der Waals surface area contributed by atoms with Crippen LogP contribution in [0.5, 0.6) is 0 Å². The van der Waals surface area contributed by atoms with Crippen LogP contribution in [0.1, 0.15) is 29.5 Å². The van der Waals surface area contributed by atoms with Crippen LogP contribution < -0.4 is 5.32 Å². The Labute approximate surface area is 121 Å². The van der Waals surface area contributed by atoms with Gasteiger partial charge in [0.1, 0.15) is 0 Å². The zero-order valence-corrected chi connectivity index (χ0v) is 11.9. The first-order valence-corrected chi connectivity index (χ1v) is 7.68. The van der Waals surface area contributed by atoms with Crippen molar-refractivity contribution in [2.75, 3.05) is 5.32 Å². The number of anilines is 1. The smallest absolute Gasteiger partial charge is 0.324 e. The number of hydrogen-bond acceptors (Lipinski definition) is 4. The molecule has 0 atom stereocenters. The lowest BCUT2D eigenvalue weighted by molar-refractivity contribution is -0.380. The zero-order chi connectivity index (χ0) is 13.9. The van der Waals surface area contributed by atoms with Gasteiger partial charge in [-0.2, -0.15) is 0 Å². The van der Waals surface area contributed by atoms with Crippen LogP contribution >= 0.6 is 11.3 Å². The van der Waals surface area contributed by atoms with Gasteiger partial charge in [0.2, 0.25) is 0 Å². The van der Waals surface area contributed by atoms with Crippen LogP contribution in [-0.4, -0.2) is 4.92 Å². The van der Waals surface area contributed by atoms with E-state index in [9.17, 15) is 10.1 Å². The minimum Gasteiger partial charge on any atom is -0.381 e. The van der Waals surface area contributed by atoms with Crippen molar-refractivity contribution in [3.05, 3.63) is 56.5 Å². The molecule has 1 aliphatic rings. The highest BCUT2D eigenvalue weighted by atomic mass is 32.1. The fraction of sp³-hybridized carbons (Fsp3) is 0.333. The Morgan fingerprint density at radius 3 is 2.95 bits per heavy atom. The molecule has 0 saturated heterocycles. The molecule has 104 valence electrons. The van der Waals surface area contributed by atoms with Gasteiger partial charge < -0.3 is 5.32 Å². The lowest BCUT2D eigenvalue weighted by atomic mass is 9.90. The number of nitrogens with one attached hydrogen (secondary N) is 1. The fourth-order valence-corrected chi connectivity index (χ4v) is 3.42. The summed E-state index contributed by atoms with van der Waals surface area (Å²) in [6.45, 7) is 0.640. The predicted octanol–water partition coefficient (Wildman–Crippen LogP) is 4.15. The van der Waals surface area contributed by atoms with Crippen molar-refractivity contribution < 1.29 is 4.92 Å². The molecule has 4 nitrogen and oxygen atoms in total. The topological polar surface area (TPSA) is 55.2 Å². The van der Waals surface area contributed by atoms with E-state index in [2.05, 4.69) is 23.5 Å². The van der Waals surface area contributed by atoms with E-state index in [1.54, 1.807) is 6.07 Å². The molecular formula is C15H16N2O2S. The average Bonchev–Trinajstić information content (AvgIpc) is 2.94. The third-order valence-electron chi connectivity index (χ3n) is 3.70. The molecule has 0 fully saturated rings. The van der Waals surface area contributed by atoms with Crippen LogP contribution in [-0.2, 0) is 19.4 Å². The second-order valence-electron chi connectivity index (χ2n) is 5.05. The van der Waals surface area contributed by atoms with Crippen molar-refractivity contribution >= 4 is 22.0 Å². The molecule has 0 spiro atoms. The summed E-state index contributed by atoms with van der Waals surface area (Å²) in [5, 5.41) is 16.2. The second-order valence-corrected chi connectivity index (χ2v) is 5.94. The molecule has 3 rings (SSSR count). The van der Waals surface area contributed by atoms with Crippen LogP contribution in [0.4, 0.5) is 10.7 Å². The maximum absolute atomic E-state index is 10.7. The lowest BCUT2D eigenvalue weighted by Crippen LogP contribution is -2.08. The molecule has 5 heteroatoms. The maximum Gasteiger partial charge on any atom is 0.324 e. The molecule has 0 unspecified atom stereocenters. The molecule has 0 aliphatic heterocycles. The highest BCUT2D eigenvalue weighted by Crippen LogP contribution is 2.29. The normalized spacial score (nSPS) is 13.8. The number of thiophene rings is 1. The van der Waals surface area contributed by atoms with E-state index in [1.807, 2.05) is 5.38 Å². The molecule has 1 heterocycles. The molecule has 0 amide bonds. The van der Waals surface area contributed by atoms with Gasteiger partial charge in [0, 0.05) is 23.7 Å². The van der Waals surface area contributed by atoms with Crippen molar-refractivity contribution in [2.24, 2.45) is 0 Å². The largest absolute Gasteiger partial charge is 0.381 e.